The van der Waals surface area contributed by atoms with E-state index in [4.69, 9.17) is 32.7 Å². The van der Waals surface area contributed by atoms with Crippen LogP contribution < -0.4 is 0 Å². The first-order valence-electron chi connectivity index (χ1n) is 13.8. The fourth-order valence-corrected chi connectivity index (χ4v) is 6.03. The Balaban J connectivity index is 0.000000507. The van der Waals surface area contributed by atoms with Gasteiger partial charge in [-0.25, -0.2) is 4.39 Å². The standard InChI is InChI=1S/C26H29ClFNO6.C6H5Cl/c1-3-26(33,16-8-10-35-11-9-16)17-12-19-23(20(28)13-17)25(34-2)29(24(19)32)21(14-22(30)31)15-4-6-18(27)7-5-15;7-6-4-2-1-3-5-6/h4-7,12-13,16,21,25,33H,3,8-11,14H2,1-2H3,(H,30,31);1-5H/t21?,25?,26-;/m0./s1. The minimum atomic E-state index is -1.33. The van der Waals surface area contributed by atoms with Crippen LogP contribution in [-0.4, -0.2) is 47.3 Å². The van der Waals surface area contributed by atoms with Crippen molar-refractivity contribution in [3.63, 3.8) is 0 Å². The third kappa shape index (κ3) is 6.79. The largest absolute Gasteiger partial charge is 0.481 e. The van der Waals surface area contributed by atoms with Gasteiger partial charge in [0, 0.05) is 35.9 Å². The van der Waals surface area contributed by atoms with Crippen molar-refractivity contribution in [2.75, 3.05) is 20.3 Å². The molecule has 7 nitrogen and oxygen atoms in total. The van der Waals surface area contributed by atoms with Crippen LogP contribution in [0.2, 0.25) is 10.0 Å². The number of carbonyl (C=O) groups is 2. The Morgan fingerprint density at radius 3 is 2.24 bits per heavy atom. The highest BCUT2D eigenvalue weighted by Gasteiger charge is 2.46. The molecule has 0 aliphatic carbocycles. The van der Waals surface area contributed by atoms with Crippen molar-refractivity contribution in [1.82, 2.24) is 4.90 Å². The third-order valence-corrected chi connectivity index (χ3v) is 8.45. The van der Waals surface area contributed by atoms with Crippen LogP contribution in [0.4, 0.5) is 4.39 Å². The second-order valence-corrected chi connectivity index (χ2v) is 11.2. The van der Waals surface area contributed by atoms with Gasteiger partial charge in [0.15, 0.2) is 6.23 Å². The lowest BCUT2D eigenvalue weighted by Gasteiger charge is -2.38. The third-order valence-electron chi connectivity index (χ3n) is 7.94. The maximum atomic E-state index is 15.6. The summed E-state index contributed by atoms with van der Waals surface area (Å²) in [7, 11) is 1.34. The number of amides is 1. The summed E-state index contributed by atoms with van der Waals surface area (Å²) in [6.07, 6.45) is 0.0663. The van der Waals surface area contributed by atoms with Gasteiger partial charge in [-0.05, 0) is 72.7 Å². The molecule has 0 aromatic heterocycles. The van der Waals surface area contributed by atoms with Gasteiger partial charge in [0.05, 0.1) is 23.6 Å². The summed E-state index contributed by atoms with van der Waals surface area (Å²) in [6, 6.07) is 17.8. The van der Waals surface area contributed by atoms with Gasteiger partial charge in [-0.2, -0.15) is 0 Å². The van der Waals surface area contributed by atoms with Gasteiger partial charge in [0.1, 0.15) is 5.82 Å². The molecule has 2 aliphatic rings. The van der Waals surface area contributed by atoms with Gasteiger partial charge >= 0.3 is 5.97 Å². The number of carbonyl (C=O) groups excluding carboxylic acids is 1. The Hall–Kier alpha value is -3.01. The number of halogens is 3. The first-order chi connectivity index (χ1) is 20.1. The maximum absolute atomic E-state index is 15.6. The lowest BCUT2D eigenvalue weighted by molar-refractivity contribution is -0.139. The average Bonchev–Trinajstić information content (AvgIpc) is 3.28. The van der Waals surface area contributed by atoms with E-state index in [1.165, 1.54) is 24.1 Å². The molecule has 1 saturated heterocycles. The number of ether oxygens (including phenoxy) is 2. The summed E-state index contributed by atoms with van der Waals surface area (Å²) in [5.74, 6) is -2.49. The zero-order chi connectivity index (χ0) is 30.4. The summed E-state index contributed by atoms with van der Waals surface area (Å²) in [5, 5.41) is 22.4. The number of carboxylic acid groups (broad SMARTS) is 1. The Labute approximate surface area is 254 Å². The molecule has 3 atom stereocenters. The number of aliphatic hydroxyl groups is 1. The molecule has 5 rings (SSSR count). The maximum Gasteiger partial charge on any atom is 0.305 e. The molecule has 224 valence electrons. The molecule has 1 amide bonds. The van der Waals surface area contributed by atoms with Crippen molar-refractivity contribution >= 4 is 35.1 Å². The fourth-order valence-electron chi connectivity index (χ4n) is 5.76. The van der Waals surface area contributed by atoms with Crippen LogP contribution in [0.1, 0.15) is 71.9 Å². The SMILES string of the molecule is CC[C@@](O)(c1cc(F)c2c(c1)C(=O)N(C(CC(=O)O)c1ccc(Cl)cc1)C2OC)C1CCOCC1.Clc1ccccc1. The lowest BCUT2D eigenvalue weighted by atomic mass is 9.75. The van der Waals surface area contributed by atoms with Crippen LogP contribution in [-0.2, 0) is 19.9 Å². The van der Waals surface area contributed by atoms with Gasteiger partial charge in [0.2, 0.25) is 0 Å². The molecule has 42 heavy (non-hydrogen) atoms. The van der Waals surface area contributed by atoms with Gasteiger partial charge in [-0.1, -0.05) is 60.5 Å². The smallest absolute Gasteiger partial charge is 0.305 e. The molecular weight excluding hydrogens is 584 g/mol. The molecule has 2 N–H and O–H groups in total. The molecule has 0 saturated carbocycles. The van der Waals surface area contributed by atoms with E-state index in [2.05, 4.69) is 0 Å². The predicted molar refractivity (Wildman–Crippen MR) is 158 cm³/mol. The van der Waals surface area contributed by atoms with Crippen LogP contribution in [0.3, 0.4) is 0 Å². The van der Waals surface area contributed by atoms with Gasteiger partial charge in [-0.15, -0.1) is 0 Å². The monoisotopic (exact) mass is 617 g/mol. The minimum Gasteiger partial charge on any atom is -0.481 e. The molecule has 1 fully saturated rings. The topological polar surface area (TPSA) is 96.3 Å². The second kappa shape index (κ2) is 14.0. The number of aliphatic carboxylic acids is 1. The highest BCUT2D eigenvalue weighted by Crippen LogP contribution is 2.46. The lowest BCUT2D eigenvalue weighted by Crippen LogP contribution is -2.38. The van der Waals surface area contributed by atoms with E-state index in [0.29, 0.717) is 48.6 Å². The van der Waals surface area contributed by atoms with Crippen LogP contribution >= 0.6 is 23.2 Å². The highest BCUT2D eigenvalue weighted by molar-refractivity contribution is 6.30. The molecule has 10 heteroatoms. The second-order valence-electron chi connectivity index (χ2n) is 10.3. The summed E-state index contributed by atoms with van der Waals surface area (Å²) in [4.78, 5) is 26.7. The first kappa shape index (κ1) is 31.9. The van der Waals surface area contributed by atoms with Gasteiger partial charge in [-0.3, -0.25) is 9.59 Å². The van der Waals surface area contributed by atoms with E-state index in [9.17, 15) is 19.8 Å². The van der Waals surface area contributed by atoms with E-state index in [0.717, 1.165) is 5.02 Å². The van der Waals surface area contributed by atoms with Crippen molar-refractivity contribution in [3.8, 4) is 0 Å². The van der Waals surface area contributed by atoms with E-state index >= 15 is 4.39 Å². The zero-order valence-corrected chi connectivity index (χ0v) is 24.9. The van der Waals surface area contributed by atoms with Crippen molar-refractivity contribution in [2.45, 2.75) is 50.5 Å². The predicted octanol–water partition coefficient (Wildman–Crippen LogP) is 7.16. The Kier molecular flexibility index (Phi) is 10.6. The van der Waals surface area contributed by atoms with Crippen LogP contribution in [0.15, 0.2) is 66.7 Å². The van der Waals surface area contributed by atoms with Crippen LogP contribution in [0.25, 0.3) is 0 Å². The zero-order valence-electron chi connectivity index (χ0n) is 23.4. The molecule has 3 aromatic carbocycles. The number of hydrogen-bond acceptors (Lipinski definition) is 5. The number of hydrogen-bond donors (Lipinski definition) is 2. The van der Waals surface area contributed by atoms with E-state index in [-0.39, 0.29) is 17.0 Å². The van der Waals surface area contributed by atoms with Crippen molar-refractivity contribution in [3.05, 3.63) is 105 Å². The van der Waals surface area contributed by atoms with Crippen molar-refractivity contribution < 1.29 is 33.7 Å². The molecule has 2 heterocycles. The minimum absolute atomic E-state index is 0.0380. The van der Waals surface area contributed by atoms with Crippen LogP contribution in [0.5, 0.6) is 0 Å². The fraction of sp³-hybridized carbons (Fsp3) is 0.375. The summed E-state index contributed by atoms with van der Waals surface area (Å²) < 4.78 is 26.6. The number of benzene rings is 3. The highest BCUT2D eigenvalue weighted by atomic mass is 35.5. The van der Waals surface area contributed by atoms with Gasteiger partial charge in [0.25, 0.3) is 5.91 Å². The van der Waals surface area contributed by atoms with Crippen LogP contribution in [0, 0.1) is 11.7 Å². The Morgan fingerprint density at radius 1 is 1.10 bits per heavy atom. The van der Waals surface area contributed by atoms with Gasteiger partial charge < -0.3 is 24.6 Å². The Morgan fingerprint density at radius 2 is 1.71 bits per heavy atom. The van der Waals surface area contributed by atoms with Crippen molar-refractivity contribution in [2.24, 2.45) is 5.92 Å². The number of nitrogens with zero attached hydrogens (tertiary/aromatic N) is 1. The Bertz CT molecular complexity index is 1380. The normalized spacial score (nSPS) is 19.0. The number of methoxy groups -OCH3 is 1. The van der Waals surface area contributed by atoms with E-state index in [1.807, 2.05) is 37.3 Å². The molecule has 0 bridgehead atoms. The summed E-state index contributed by atoms with van der Waals surface area (Å²) in [6.45, 7) is 2.85. The summed E-state index contributed by atoms with van der Waals surface area (Å²) in [5.41, 5.74) is -0.361. The number of rotatable bonds is 8. The molecule has 3 aromatic rings. The first-order valence-corrected chi connectivity index (χ1v) is 14.5. The average molecular weight is 619 g/mol. The quantitative estimate of drug-likeness (QED) is 0.278. The van der Waals surface area contributed by atoms with Crippen molar-refractivity contribution in [1.29, 1.82) is 0 Å². The van der Waals surface area contributed by atoms with E-state index < -0.39 is 42.0 Å². The number of carboxylic acids is 1. The van der Waals surface area contributed by atoms with E-state index in [1.54, 1.807) is 24.3 Å². The molecule has 2 unspecified atom stereocenters. The molecule has 2 aliphatic heterocycles. The molecule has 0 radical (unpaired) electrons. The number of fused-ring (bicyclic) bond motifs is 1. The molecule has 0 spiro atoms. The molecular formula is C32H34Cl2FNO6. The summed E-state index contributed by atoms with van der Waals surface area (Å²) >= 11 is 11.5.